The highest BCUT2D eigenvalue weighted by molar-refractivity contribution is 14.1. The van der Waals surface area contributed by atoms with Gasteiger partial charge in [0.25, 0.3) is 5.69 Å². The highest BCUT2D eigenvalue weighted by atomic mass is 127. The van der Waals surface area contributed by atoms with Gasteiger partial charge in [0.2, 0.25) is 0 Å². The average molecular weight is 326 g/mol. The van der Waals surface area contributed by atoms with Gasteiger partial charge in [-0.15, -0.1) is 11.6 Å². The van der Waals surface area contributed by atoms with E-state index in [0.717, 1.165) is 3.57 Å². The van der Waals surface area contributed by atoms with Crippen molar-refractivity contribution in [2.24, 2.45) is 0 Å². The van der Waals surface area contributed by atoms with Gasteiger partial charge in [-0.1, -0.05) is 6.07 Å². The van der Waals surface area contributed by atoms with Crippen molar-refractivity contribution in [3.05, 3.63) is 37.4 Å². The molecule has 1 atom stereocenters. The standard InChI is InChI=1S/C9H9ClINO2/c1-6(10)4-7-2-3-8(11)5-9(7)12(13)14/h2-3,5-6H,4H2,1H3. The summed E-state index contributed by atoms with van der Waals surface area (Å²) in [5, 5.41) is 10.6. The van der Waals surface area contributed by atoms with E-state index in [9.17, 15) is 10.1 Å². The van der Waals surface area contributed by atoms with Gasteiger partial charge in [-0.25, -0.2) is 0 Å². The second-order valence-electron chi connectivity index (χ2n) is 3.02. The van der Waals surface area contributed by atoms with Crippen LogP contribution >= 0.6 is 34.2 Å². The van der Waals surface area contributed by atoms with Gasteiger partial charge in [0.05, 0.1) is 4.92 Å². The van der Waals surface area contributed by atoms with Crippen LogP contribution in [0.25, 0.3) is 0 Å². The zero-order valence-corrected chi connectivity index (χ0v) is 10.4. The molecule has 0 fully saturated rings. The van der Waals surface area contributed by atoms with E-state index in [4.69, 9.17) is 11.6 Å². The number of hydrogen-bond donors (Lipinski definition) is 0. The zero-order valence-electron chi connectivity index (χ0n) is 7.54. The summed E-state index contributed by atoms with van der Waals surface area (Å²) in [6.45, 7) is 1.82. The Morgan fingerprint density at radius 2 is 2.29 bits per heavy atom. The highest BCUT2D eigenvalue weighted by Crippen LogP contribution is 2.23. The molecule has 0 saturated carbocycles. The Morgan fingerprint density at radius 3 is 2.79 bits per heavy atom. The molecule has 0 radical (unpaired) electrons. The largest absolute Gasteiger partial charge is 0.273 e. The van der Waals surface area contributed by atoms with E-state index in [1.54, 1.807) is 12.1 Å². The molecule has 0 aliphatic rings. The molecule has 14 heavy (non-hydrogen) atoms. The van der Waals surface area contributed by atoms with Gasteiger partial charge >= 0.3 is 0 Å². The zero-order chi connectivity index (χ0) is 10.7. The number of hydrogen-bond acceptors (Lipinski definition) is 2. The summed E-state index contributed by atoms with van der Waals surface area (Å²) >= 11 is 7.86. The molecule has 1 aromatic carbocycles. The van der Waals surface area contributed by atoms with Crippen molar-refractivity contribution >= 4 is 39.9 Å². The summed E-state index contributed by atoms with van der Waals surface area (Å²) in [5.74, 6) is 0. The minimum Gasteiger partial charge on any atom is -0.258 e. The molecule has 0 aromatic heterocycles. The fourth-order valence-corrected chi connectivity index (χ4v) is 1.82. The van der Waals surface area contributed by atoms with Gasteiger partial charge in [-0.3, -0.25) is 10.1 Å². The number of halogens is 2. The number of nitro benzene ring substituents is 1. The fourth-order valence-electron chi connectivity index (χ4n) is 1.18. The lowest BCUT2D eigenvalue weighted by Crippen LogP contribution is -2.02. The second-order valence-corrected chi connectivity index (χ2v) is 5.01. The van der Waals surface area contributed by atoms with Crippen LogP contribution in [-0.2, 0) is 6.42 Å². The van der Waals surface area contributed by atoms with Gasteiger partial charge in [0, 0.05) is 20.6 Å². The lowest BCUT2D eigenvalue weighted by atomic mass is 10.1. The third-order valence-electron chi connectivity index (χ3n) is 1.75. The predicted octanol–water partition coefficient (Wildman–Crippen LogP) is 3.37. The first kappa shape index (κ1) is 11.7. The summed E-state index contributed by atoms with van der Waals surface area (Å²) in [6, 6.07) is 5.18. The normalized spacial score (nSPS) is 12.5. The Labute approximate surface area is 101 Å². The average Bonchev–Trinajstić information content (AvgIpc) is 2.07. The topological polar surface area (TPSA) is 43.1 Å². The van der Waals surface area contributed by atoms with E-state index in [1.165, 1.54) is 0 Å². The molecule has 0 N–H and O–H groups in total. The number of rotatable bonds is 3. The second kappa shape index (κ2) is 4.93. The first-order chi connectivity index (χ1) is 6.50. The van der Waals surface area contributed by atoms with Crippen LogP contribution in [0, 0.1) is 13.7 Å². The number of nitro groups is 1. The molecular formula is C9H9ClINO2. The van der Waals surface area contributed by atoms with Crippen molar-refractivity contribution in [2.75, 3.05) is 0 Å². The monoisotopic (exact) mass is 325 g/mol. The molecule has 5 heteroatoms. The van der Waals surface area contributed by atoms with E-state index in [2.05, 4.69) is 22.6 Å². The molecule has 3 nitrogen and oxygen atoms in total. The maximum Gasteiger partial charge on any atom is 0.273 e. The Bertz CT molecular complexity index is 355. The van der Waals surface area contributed by atoms with E-state index in [-0.39, 0.29) is 16.0 Å². The highest BCUT2D eigenvalue weighted by Gasteiger charge is 2.15. The lowest BCUT2D eigenvalue weighted by Gasteiger charge is -2.04. The molecule has 0 aliphatic carbocycles. The minimum absolute atomic E-state index is 0.0891. The Hall–Kier alpha value is -0.360. The SMILES string of the molecule is CC(Cl)Cc1ccc(I)cc1[N+](=O)[O-]. The van der Waals surface area contributed by atoms with E-state index >= 15 is 0 Å². The first-order valence-electron chi connectivity index (χ1n) is 4.07. The molecule has 1 rings (SSSR count). The fraction of sp³-hybridized carbons (Fsp3) is 0.333. The maximum absolute atomic E-state index is 10.7. The summed E-state index contributed by atoms with van der Waals surface area (Å²) in [7, 11) is 0. The summed E-state index contributed by atoms with van der Waals surface area (Å²) < 4.78 is 0.861. The summed E-state index contributed by atoms with van der Waals surface area (Å²) in [5.41, 5.74) is 0.849. The van der Waals surface area contributed by atoms with Gasteiger partial charge < -0.3 is 0 Å². The van der Waals surface area contributed by atoms with Gasteiger partial charge in [0.1, 0.15) is 0 Å². The minimum atomic E-state index is -0.364. The smallest absolute Gasteiger partial charge is 0.258 e. The van der Waals surface area contributed by atoms with Crippen molar-refractivity contribution in [2.45, 2.75) is 18.7 Å². The van der Waals surface area contributed by atoms with Crippen LogP contribution in [0.15, 0.2) is 18.2 Å². The van der Waals surface area contributed by atoms with Gasteiger partial charge in [-0.05, 0) is 42.0 Å². The van der Waals surface area contributed by atoms with Crippen LogP contribution in [0.2, 0.25) is 0 Å². The number of benzene rings is 1. The molecule has 0 bridgehead atoms. The van der Waals surface area contributed by atoms with Crippen LogP contribution in [-0.4, -0.2) is 10.3 Å². The van der Waals surface area contributed by atoms with Gasteiger partial charge in [0.15, 0.2) is 0 Å². The first-order valence-corrected chi connectivity index (χ1v) is 5.59. The van der Waals surface area contributed by atoms with Crippen molar-refractivity contribution in [1.29, 1.82) is 0 Å². The van der Waals surface area contributed by atoms with E-state index < -0.39 is 0 Å². The number of nitrogens with zero attached hydrogens (tertiary/aromatic N) is 1. The van der Waals surface area contributed by atoms with Crippen molar-refractivity contribution in [3.8, 4) is 0 Å². The van der Waals surface area contributed by atoms with E-state index in [0.29, 0.717) is 12.0 Å². The van der Waals surface area contributed by atoms with Crippen LogP contribution in [0.4, 0.5) is 5.69 Å². The van der Waals surface area contributed by atoms with Crippen molar-refractivity contribution in [3.63, 3.8) is 0 Å². The lowest BCUT2D eigenvalue weighted by molar-refractivity contribution is -0.385. The molecule has 1 unspecified atom stereocenters. The molecular weight excluding hydrogens is 316 g/mol. The summed E-state index contributed by atoms with van der Waals surface area (Å²) in [4.78, 5) is 10.4. The molecule has 0 amide bonds. The predicted molar refractivity (Wildman–Crippen MR) is 64.8 cm³/mol. The molecule has 0 spiro atoms. The molecule has 1 aromatic rings. The maximum atomic E-state index is 10.7. The molecule has 0 saturated heterocycles. The summed E-state index contributed by atoms with van der Waals surface area (Å²) in [6.07, 6.45) is 0.523. The van der Waals surface area contributed by atoms with Crippen LogP contribution < -0.4 is 0 Å². The van der Waals surface area contributed by atoms with Crippen molar-refractivity contribution < 1.29 is 4.92 Å². The van der Waals surface area contributed by atoms with Crippen molar-refractivity contribution in [1.82, 2.24) is 0 Å². The van der Waals surface area contributed by atoms with Crippen LogP contribution in [0.5, 0.6) is 0 Å². The Kier molecular flexibility index (Phi) is 4.12. The van der Waals surface area contributed by atoms with E-state index in [1.807, 2.05) is 13.0 Å². The molecule has 0 aliphatic heterocycles. The number of alkyl halides is 1. The van der Waals surface area contributed by atoms with Gasteiger partial charge in [-0.2, -0.15) is 0 Å². The van der Waals surface area contributed by atoms with Crippen LogP contribution in [0.1, 0.15) is 12.5 Å². The Balaban J connectivity index is 3.08. The molecule has 76 valence electrons. The Morgan fingerprint density at radius 1 is 1.64 bits per heavy atom. The van der Waals surface area contributed by atoms with Crippen LogP contribution in [0.3, 0.4) is 0 Å². The molecule has 0 heterocycles. The third-order valence-corrected chi connectivity index (χ3v) is 2.57. The quantitative estimate of drug-likeness (QED) is 0.370. The third kappa shape index (κ3) is 3.09.